The predicted molar refractivity (Wildman–Crippen MR) is 141 cm³/mol. The Bertz CT molecular complexity index is 1190. The van der Waals surface area contributed by atoms with E-state index in [-0.39, 0.29) is 23.1 Å². The van der Waals surface area contributed by atoms with E-state index in [9.17, 15) is 34.2 Å². The number of hydrogen-bond acceptors (Lipinski definition) is 9. The third-order valence-electron chi connectivity index (χ3n) is 7.32. The summed E-state index contributed by atoms with van der Waals surface area (Å²) in [5.41, 5.74) is 2.14. The number of carbonyl (C=O) groups excluding carboxylic acids is 3. The first kappa shape index (κ1) is 30.3. The van der Waals surface area contributed by atoms with Crippen LogP contribution in [-0.4, -0.2) is 72.0 Å². The first-order valence-corrected chi connectivity index (χ1v) is 12.6. The van der Waals surface area contributed by atoms with Gasteiger partial charge in [-0.3, -0.25) is 4.79 Å². The molecule has 1 aliphatic carbocycles. The molecule has 2 aromatic carbocycles. The fourth-order valence-electron chi connectivity index (χ4n) is 4.81. The van der Waals surface area contributed by atoms with Crippen molar-refractivity contribution in [1.29, 1.82) is 0 Å². The lowest BCUT2D eigenvalue weighted by Crippen LogP contribution is -2.45. The van der Waals surface area contributed by atoms with Gasteiger partial charge in [0.15, 0.2) is 0 Å². The molecule has 0 spiro atoms. The van der Waals surface area contributed by atoms with E-state index in [0.717, 1.165) is 17.7 Å². The fourth-order valence-corrected chi connectivity index (χ4v) is 4.81. The number of aryl methyl sites for hydroxylation is 2. The molecule has 0 radical (unpaired) electrons. The van der Waals surface area contributed by atoms with Gasteiger partial charge in [-0.25, -0.2) is 19.2 Å². The van der Waals surface area contributed by atoms with Gasteiger partial charge in [-0.05, 0) is 61.9 Å². The molecule has 5 atom stereocenters. The number of nitrogens with one attached hydrogen (secondary N) is 1. The van der Waals surface area contributed by atoms with E-state index < -0.39 is 36.1 Å². The van der Waals surface area contributed by atoms with E-state index in [1.54, 1.807) is 38.1 Å². The number of carboxylic acids is 2. The minimum atomic E-state index is -2.22. The summed E-state index contributed by atoms with van der Waals surface area (Å²) in [5.74, 6) is -4.54. The maximum Gasteiger partial charge on any atom is 0.349 e. The average Bonchev–Trinajstić information content (AvgIpc) is 3.22. The van der Waals surface area contributed by atoms with E-state index in [1.807, 2.05) is 0 Å². The largest absolute Gasteiger partial charge is 0.478 e. The van der Waals surface area contributed by atoms with Crippen LogP contribution in [0.1, 0.15) is 45.7 Å². The van der Waals surface area contributed by atoms with Crippen LogP contribution in [0.2, 0.25) is 0 Å². The van der Waals surface area contributed by atoms with Crippen LogP contribution < -0.4 is 5.32 Å². The molecule has 0 unspecified atom stereocenters. The summed E-state index contributed by atoms with van der Waals surface area (Å²) in [7, 11) is 1.45. The summed E-state index contributed by atoms with van der Waals surface area (Å²) in [6.45, 7) is 9.00. The Morgan fingerprint density at radius 2 is 1.20 bits per heavy atom. The molecule has 1 saturated heterocycles. The molecule has 0 amide bonds. The minimum absolute atomic E-state index is 0.0332. The number of rotatable bonds is 8. The van der Waals surface area contributed by atoms with Gasteiger partial charge in [-0.15, -0.1) is 0 Å². The second-order valence-electron chi connectivity index (χ2n) is 10.4. The molecule has 11 nitrogen and oxygen atoms in total. The van der Waals surface area contributed by atoms with Gasteiger partial charge in [0.2, 0.25) is 12.2 Å². The van der Waals surface area contributed by atoms with Gasteiger partial charge in [-0.2, -0.15) is 0 Å². The van der Waals surface area contributed by atoms with Crippen molar-refractivity contribution < 1.29 is 48.4 Å². The lowest BCUT2D eigenvalue weighted by Gasteiger charge is -2.21. The highest BCUT2D eigenvalue weighted by molar-refractivity contribution is 5.95. The Labute approximate surface area is 231 Å². The summed E-state index contributed by atoms with van der Waals surface area (Å²) in [5, 5.41) is 21.8. The molecule has 1 saturated carbocycles. The molecule has 0 aromatic heterocycles. The second-order valence-corrected chi connectivity index (χ2v) is 10.4. The first-order valence-electron chi connectivity index (χ1n) is 12.6. The van der Waals surface area contributed by atoms with Crippen molar-refractivity contribution in [3.8, 4) is 0 Å². The maximum atomic E-state index is 12.2. The van der Waals surface area contributed by atoms with E-state index in [0.29, 0.717) is 17.3 Å². The van der Waals surface area contributed by atoms with Gasteiger partial charge in [0.05, 0.1) is 18.2 Å². The molecule has 214 valence electrons. The van der Waals surface area contributed by atoms with Gasteiger partial charge in [0.25, 0.3) is 0 Å². The zero-order chi connectivity index (χ0) is 29.8. The van der Waals surface area contributed by atoms with Gasteiger partial charge < -0.3 is 29.7 Å². The number of fused-ring (bicyclic) bond motifs is 1. The van der Waals surface area contributed by atoms with Crippen molar-refractivity contribution in [2.24, 2.45) is 17.3 Å². The molecule has 1 heterocycles. The number of ether oxygens (including phenoxy) is 3. The molecule has 40 heavy (non-hydrogen) atoms. The molecule has 2 aromatic rings. The van der Waals surface area contributed by atoms with Crippen LogP contribution >= 0.6 is 0 Å². The van der Waals surface area contributed by atoms with Gasteiger partial charge in [-0.1, -0.05) is 49.2 Å². The lowest BCUT2D eigenvalue weighted by molar-refractivity contribution is -0.166. The van der Waals surface area contributed by atoms with Crippen LogP contribution in [0.5, 0.6) is 0 Å². The monoisotopic (exact) mass is 555 g/mol. The molecule has 11 heteroatoms. The van der Waals surface area contributed by atoms with Crippen molar-refractivity contribution in [2.75, 3.05) is 13.7 Å². The molecular weight excluding hydrogens is 522 g/mol. The minimum Gasteiger partial charge on any atom is -0.478 e. The molecule has 1 aliphatic heterocycles. The van der Waals surface area contributed by atoms with Crippen molar-refractivity contribution >= 4 is 29.8 Å². The molecule has 2 aliphatic rings. The topological polar surface area (TPSA) is 166 Å². The number of esters is 3. The summed E-state index contributed by atoms with van der Waals surface area (Å²) < 4.78 is 14.4. The Morgan fingerprint density at radius 1 is 0.800 bits per heavy atom. The molecule has 4 rings (SSSR count). The Morgan fingerprint density at radius 3 is 1.50 bits per heavy atom. The van der Waals surface area contributed by atoms with E-state index >= 15 is 0 Å². The van der Waals surface area contributed by atoms with Crippen molar-refractivity contribution in [3.05, 3.63) is 70.8 Å². The van der Waals surface area contributed by atoms with Crippen LogP contribution in [-0.2, 0) is 28.6 Å². The number of hydrogen-bond donors (Lipinski definition) is 3. The van der Waals surface area contributed by atoms with Crippen LogP contribution in [0.3, 0.4) is 0 Å². The summed E-state index contributed by atoms with van der Waals surface area (Å²) >= 11 is 0. The summed E-state index contributed by atoms with van der Waals surface area (Å²) in [6.07, 6.45) is -4.44. The first-order chi connectivity index (χ1) is 18.8. The van der Waals surface area contributed by atoms with Gasteiger partial charge in [0, 0.05) is 0 Å². The number of aliphatic carboxylic acids is 2. The number of carboxylic acid groups (broad SMARTS) is 2. The van der Waals surface area contributed by atoms with Gasteiger partial charge in [0.1, 0.15) is 6.04 Å². The van der Waals surface area contributed by atoms with Crippen LogP contribution in [0.25, 0.3) is 0 Å². The SMILES string of the molecule is COC(=O)[C@@H]1NC[C@@H]2[C@H]1C2(C)C.Cc1ccc(C(=O)O[C@@H](C(=O)O)[C@@H](OC(=O)c2ccc(C)cc2)C(=O)O)cc1. The highest BCUT2D eigenvalue weighted by atomic mass is 16.6. The van der Waals surface area contributed by atoms with E-state index in [1.165, 1.54) is 31.4 Å². The molecule has 3 N–H and O–H groups in total. The Hall–Kier alpha value is -4.25. The molecule has 0 bridgehead atoms. The zero-order valence-electron chi connectivity index (χ0n) is 22.9. The maximum absolute atomic E-state index is 12.2. The molecule has 2 fully saturated rings. The Kier molecular flexibility index (Phi) is 9.31. The van der Waals surface area contributed by atoms with Crippen LogP contribution in [0, 0.1) is 31.1 Å². The third-order valence-corrected chi connectivity index (χ3v) is 7.32. The van der Waals surface area contributed by atoms with E-state index in [4.69, 9.17) is 14.2 Å². The van der Waals surface area contributed by atoms with Crippen molar-refractivity contribution in [1.82, 2.24) is 5.32 Å². The highest BCUT2D eigenvalue weighted by Crippen LogP contribution is 2.62. The normalized spacial score (nSPS) is 21.4. The second kappa shape index (κ2) is 12.3. The van der Waals surface area contributed by atoms with E-state index in [2.05, 4.69) is 19.2 Å². The summed E-state index contributed by atoms with van der Waals surface area (Å²) in [6, 6.07) is 12.0. The molecular formula is C29H33NO10. The third kappa shape index (κ3) is 6.84. The van der Waals surface area contributed by atoms with Crippen LogP contribution in [0.15, 0.2) is 48.5 Å². The predicted octanol–water partition coefficient (Wildman–Crippen LogP) is 2.63. The van der Waals surface area contributed by atoms with Crippen molar-refractivity contribution in [3.63, 3.8) is 0 Å². The van der Waals surface area contributed by atoms with Crippen molar-refractivity contribution in [2.45, 2.75) is 45.9 Å². The zero-order valence-corrected chi connectivity index (χ0v) is 22.9. The fraction of sp³-hybridized carbons (Fsp3) is 0.414. The number of benzene rings is 2. The highest BCUT2D eigenvalue weighted by Gasteiger charge is 2.66. The Balaban J connectivity index is 0.000000302. The number of piperidine rings is 1. The quantitative estimate of drug-likeness (QED) is 0.324. The average molecular weight is 556 g/mol. The van der Waals surface area contributed by atoms with Gasteiger partial charge >= 0.3 is 29.8 Å². The number of methoxy groups -OCH3 is 1. The lowest BCUT2D eigenvalue weighted by atomic mass is 10.0. The standard InChI is InChI=1S/C20H18O8.C9H15NO2/c1-11-3-7-13(8-4-11)19(25)27-15(17(21)22)16(18(23)24)28-20(26)14-9-5-12(2)6-10-14;1-9(2)5-4-10-7(6(5)9)8(11)12-3/h3-10,15-16H,1-2H3,(H,21,22)(H,23,24);5-7,10H,4H2,1-3H3/t15-,16-;5-,6-,7-/m11/s1. The van der Waals surface area contributed by atoms with Crippen LogP contribution in [0.4, 0.5) is 0 Å². The summed E-state index contributed by atoms with van der Waals surface area (Å²) in [4.78, 5) is 58.6. The number of carbonyl (C=O) groups is 5. The smallest absolute Gasteiger partial charge is 0.349 e.